The van der Waals surface area contributed by atoms with E-state index < -0.39 is 22.9 Å². The molecule has 6 heteroatoms. The smallest absolute Gasteiger partial charge is 0.324 e. The third-order valence-corrected chi connectivity index (χ3v) is 2.67. The molecule has 0 spiro atoms. The highest BCUT2D eigenvalue weighted by Crippen LogP contribution is 2.36. The van der Waals surface area contributed by atoms with Gasteiger partial charge in [-0.25, -0.2) is 0 Å². The zero-order chi connectivity index (χ0) is 13.1. The van der Waals surface area contributed by atoms with Gasteiger partial charge in [-0.1, -0.05) is 17.7 Å². The summed E-state index contributed by atoms with van der Waals surface area (Å²) in [4.78, 5) is 3.24. The lowest BCUT2D eigenvalue weighted by Gasteiger charge is -2.15. The molecule has 2 N–H and O–H groups in total. The van der Waals surface area contributed by atoms with E-state index in [0.29, 0.717) is 12.8 Å². The molecule has 1 rings (SSSR count). The Morgan fingerprint density at radius 3 is 2.71 bits per heavy atom. The van der Waals surface area contributed by atoms with E-state index in [1.54, 1.807) is 6.08 Å². The number of pyridine rings is 1. The van der Waals surface area contributed by atoms with Crippen LogP contribution in [0, 0.1) is 0 Å². The fourth-order valence-corrected chi connectivity index (χ4v) is 1.75. The zero-order valence-corrected chi connectivity index (χ0v) is 9.72. The van der Waals surface area contributed by atoms with Crippen LogP contribution >= 0.6 is 11.6 Å². The van der Waals surface area contributed by atoms with E-state index >= 15 is 0 Å². The number of aromatic nitrogens is 1. The number of rotatable bonds is 4. The van der Waals surface area contributed by atoms with Gasteiger partial charge < -0.3 is 5.73 Å². The van der Waals surface area contributed by atoms with Crippen LogP contribution in [0.5, 0.6) is 0 Å². The van der Waals surface area contributed by atoms with E-state index in [4.69, 9.17) is 17.3 Å². The molecule has 94 valence electrons. The summed E-state index contributed by atoms with van der Waals surface area (Å²) in [6.45, 7) is 3.52. The van der Waals surface area contributed by atoms with Crippen LogP contribution in [0.1, 0.15) is 30.1 Å². The maximum atomic E-state index is 12.5. The Kier molecular flexibility index (Phi) is 4.54. The van der Waals surface area contributed by atoms with Gasteiger partial charge in [0.25, 0.3) is 0 Å². The van der Waals surface area contributed by atoms with Gasteiger partial charge in [0.15, 0.2) is 5.69 Å². The van der Waals surface area contributed by atoms with Crippen molar-refractivity contribution in [2.24, 2.45) is 5.73 Å². The number of nitrogens with two attached hydrogens (primary N) is 1. The Balaban J connectivity index is 3.06. The van der Waals surface area contributed by atoms with E-state index in [1.165, 1.54) is 6.07 Å². The van der Waals surface area contributed by atoms with Crippen molar-refractivity contribution in [2.75, 3.05) is 0 Å². The highest BCUT2D eigenvalue weighted by molar-refractivity contribution is 6.32. The summed E-state index contributed by atoms with van der Waals surface area (Å²) in [6, 6.07) is 0.857. The minimum absolute atomic E-state index is 0.260. The van der Waals surface area contributed by atoms with Crippen molar-refractivity contribution < 1.29 is 13.2 Å². The van der Waals surface area contributed by atoms with E-state index in [0.717, 1.165) is 6.20 Å². The van der Waals surface area contributed by atoms with Crippen LogP contribution in [0.2, 0.25) is 5.02 Å². The molecular formula is C11H12ClF3N2. The molecule has 2 nitrogen and oxygen atoms in total. The van der Waals surface area contributed by atoms with Crippen molar-refractivity contribution in [3.63, 3.8) is 0 Å². The fraction of sp³-hybridized carbons (Fsp3) is 0.364. The number of alkyl halides is 3. The molecule has 0 saturated carbocycles. The van der Waals surface area contributed by atoms with Gasteiger partial charge >= 0.3 is 6.18 Å². The van der Waals surface area contributed by atoms with Gasteiger partial charge in [-0.3, -0.25) is 4.98 Å². The predicted octanol–water partition coefficient (Wildman–Crippen LogP) is 3.72. The van der Waals surface area contributed by atoms with Crippen LogP contribution < -0.4 is 5.73 Å². The molecule has 1 atom stereocenters. The van der Waals surface area contributed by atoms with Gasteiger partial charge in [0.2, 0.25) is 0 Å². The standard InChI is InChI=1S/C11H12ClF3N2/c1-2-3-4-8(16)7-5-6-17-10(9(7)12)11(13,14)15/h2,5-6,8H,1,3-4,16H2/t8-/m1/s1. The number of nitrogens with zero attached hydrogens (tertiary/aromatic N) is 1. The minimum atomic E-state index is -4.56. The topological polar surface area (TPSA) is 38.9 Å². The van der Waals surface area contributed by atoms with Gasteiger partial charge in [0, 0.05) is 12.2 Å². The summed E-state index contributed by atoms with van der Waals surface area (Å²) < 4.78 is 37.6. The van der Waals surface area contributed by atoms with Crippen LogP contribution in [0.3, 0.4) is 0 Å². The predicted molar refractivity (Wildman–Crippen MR) is 60.6 cm³/mol. The molecular weight excluding hydrogens is 253 g/mol. The van der Waals surface area contributed by atoms with Gasteiger partial charge in [-0.05, 0) is 24.5 Å². The number of halogens is 4. The second-order valence-electron chi connectivity index (χ2n) is 3.53. The first kappa shape index (κ1) is 14.0. The van der Waals surface area contributed by atoms with Crippen molar-refractivity contribution in [2.45, 2.75) is 25.1 Å². The molecule has 17 heavy (non-hydrogen) atoms. The molecule has 0 bridgehead atoms. The molecule has 1 aromatic heterocycles. The lowest BCUT2D eigenvalue weighted by atomic mass is 10.0. The molecule has 1 aromatic rings. The maximum Gasteiger partial charge on any atom is 0.434 e. The third-order valence-electron chi connectivity index (χ3n) is 2.27. The van der Waals surface area contributed by atoms with Gasteiger partial charge in [-0.15, -0.1) is 6.58 Å². The van der Waals surface area contributed by atoms with Gasteiger partial charge in [-0.2, -0.15) is 13.2 Å². The van der Waals surface area contributed by atoms with E-state index in [-0.39, 0.29) is 5.56 Å². The Morgan fingerprint density at radius 1 is 1.53 bits per heavy atom. The lowest BCUT2D eigenvalue weighted by molar-refractivity contribution is -0.141. The lowest BCUT2D eigenvalue weighted by Crippen LogP contribution is -2.15. The summed E-state index contributed by atoms with van der Waals surface area (Å²) in [5.41, 5.74) is 4.93. The normalized spacial score (nSPS) is 13.5. The van der Waals surface area contributed by atoms with Crippen molar-refractivity contribution in [1.82, 2.24) is 4.98 Å². The van der Waals surface area contributed by atoms with Gasteiger partial charge in [0.05, 0.1) is 5.02 Å². The van der Waals surface area contributed by atoms with Crippen molar-refractivity contribution in [3.8, 4) is 0 Å². The quantitative estimate of drug-likeness (QED) is 0.842. The summed E-state index contributed by atoms with van der Waals surface area (Å²) >= 11 is 5.68. The molecule has 0 fully saturated rings. The van der Waals surface area contributed by atoms with Crippen LogP contribution in [-0.2, 0) is 6.18 Å². The Hall–Kier alpha value is -1.07. The van der Waals surface area contributed by atoms with Crippen molar-refractivity contribution in [3.05, 3.63) is 41.2 Å². The summed E-state index contributed by atoms with van der Waals surface area (Å²) in [7, 11) is 0. The van der Waals surface area contributed by atoms with Gasteiger partial charge in [0.1, 0.15) is 0 Å². The average molecular weight is 265 g/mol. The Bertz CT molecular complexity index is 404. The maximum absolute atomic E-state index is 12.5. The average Bonchev–Trinajstić information content (AvgIpc) is 2.24. The number of allylic oxidation sites excluding steroid dienone is 1. The molecule has 0 aliphatic heterocycles. The molecule has 0 radical (unpaired) electrons. The molecule has 0 aromatic carbocycles. The van der Waals surface area contributed by atoms with Crippen molar-refractivity contribution in [1.29, 1.82) is 0 Å². The highest BCUT2D eigenvalue weighted by atomic mass is 35.5. The van der Waals surface area contributed by atoms with E-state index in [2.05, 4.69) is 11.6 Å². The molecule has 0 saturated heterocycles. The van der Waals surface area contributed by atoms with Crippen molar-refractivity contribution >= 4 is 11.6 Å². The largest absolute Gasteiger partial charge is 0.434 e. The summed E-state index contributed by atoms with van der Waals surface area (Å²) in [6.07, 6.45) is -0.742. The monoisotopic (exact) mass is 264 g/mol. The van der Waals surface area contributed by atoms with Crippen LogP contribution in [0.4, 0.5) is 13.2 Å². The molecule has 0 unspecified atom stereocenters. The first-order valence-corrected chi connectivity index (χ1v) is 5.33. The molecule has 0 aliphatic carbocycles. The Morgan fingerprint density at radius 2 is 2.18 bits per heavy atom. The number of hydrogen-bond acceptors (Lipinski definition) is 2. The second kappa shape index (κ2) is 5.51. The zero-order valence-electron chi connectivity index (χ0n) is 8.97. The molecule has 0 amide bonds. The van der Waals surface area contributed by atoms with Crippen LogP contribution in [0.25, 0.3) is 0 Å². The first-order valence-electron chi connectivity index (χ1n) is 4.96. The third kappa shape index (κ3) is 3.44. The second-order valence-corrected chi connectivity index (χ2v) is 3.91. The van der Waals surface area contributed by atoms with Crippen LogP contribution in [-0.4, -0.2) is 4.98 Å². The highest BCUT2D eigenvalue weighted by Gasteiger charge is 2.36. The first-order chi connectivity index (χ1) is 7.88. The van der Waals surface area contributed by atoms with E-state index in [9.17, 15) is 13.2 Å². The molecule has 0 aliphatic rings. The Labute approximate surface area is 102 Å². The minimum Gasteiger partial charge on any atom is -0.324 e. The summed E-state index contributed by atoms with van der Waals surface area (Å²) in [5.74, 6) is 0. The fourth-order valence-electron chi connectivity index (χ4n) is 1.40. The number of hydrogen-bond donors (Lipinski definition) is 1. The van der Waals surface area contributed by atoms with Crippen LogP contribution in [0.15, 0.2) is 24.9 Å². The summed E-state index contributed by atoms with van der Waals surface area (Å²) in [5, 5.41) is -0.420. The molecule has 1 heterocycles. The van der Waals surface area contributed by atoms with E-state index in [1.807, 2.05) is 0 Å². The SMILES string of the molecule is C=CCC[C@@H](N)c1ccnc(C(F)(F)F)c1Cl.